The van der Waals surface area contributed by atoms with E-state index >= 15 is 0 Å². The number of rotatable bonds is 4. The minimum atomic E-state index is -3.79. The van der Waals surface area contributed by atoms with E-state index in [9.17, 15) is 12.8 Å². The zero-order chi connectivity index (χ0) is 14.8. The predicted molar refractivity (Wildman–Crippen MR) is 76.5 cm³/mol. The second kappa shape index (κ2) is 5.79. The molecule has 0 radical (unpaired) electrons. The molecule has 0 amide bonds. The van der Waals surface area contributed by atoms with Crippen LogP contribution in [0.15, 0.2) is 23.1 Å². The fraction of sp³-hybridized carbons (Fsp3) is 0.571. The van der Waals surface area contributed by atoms with Crippen molar-refractivity contribution in [2.24, 2.45) is 5.41 Å². The standard InChI is InChI=1S/C14H21FN2O2S/c1-11-3-4-13(12(15)9-11)20(18,19)17-10-14(2)5-7-16-8-6-14/h3-4,9,16-17H,5-8,10H2,1-2H3. The van der Waals surface area contributed by atoms with Crippen LogP contribution in [0.5, 0.6) is 0 Å². The Morgan fingerprint density at radius 2 is 2.00 bits per heavy atom. The van der Waals surface area contributed by atoms with Crippen molar-refractivity contribution in [3.8, 4) is 0 Å². The van der Waals surface area contributed by atoms with Gasteiger partial charge < -0.3 is 5.32 Å². The summed E-state index contributed by atoms with van der Waals surface area (Å²) >= 11 is 0. The number of nitrogens with one attached hydrogen (secondary N) is 2. The largest absolute Gasteiger partial charge is 0.317 e. The van der Waals surface area contributed by atoms with Crippen molar-refractivity contribution < 1.29 is 12.8 Å². The van der Waals surface area contributed by atoms with Crippen molar-refractivity contribution >= 4 is 10.0 Å². The second-order valence-corrected chi connectivity index (χ2v) is 7.55. The van der Waals surface area contributed by atoms with Crippen LogP contribution in [0.3, 0.4) is 0 Å². The molecule has 112 valence electrons. The summed E-state index contributed by atoms with van der Waals surface area (Å²) in [6, 6.07) is 4.16. The van der Waals surface area contributed by atoms with Gasteiger partial charge in [-0.05, 0) is 56.0 Å². The molecule has 0 aliphatic carbocycles. The lowest BCUT2D eigenvalue weighted by atomic mass is 9.81. The zero-order valence-electron chi connectivity index (χ0n) is 11.9. The molecule has 6 heteroatoms. The summed E-state index contributed by atoms with van der Waals surface area (Å²) in [5.41, 5.74) is 0.631. The summed E-state index contributed by atoms with van der Waals surface area (Å²) in [6.45, 7) is 5.89. The molecule has 1 aliphatic heterocycles. The normalized spacial score (nSPS) is 18.9. The molecule has 1 saturated heterocycles. The first kappa shape index (κ1) is 15.4. The summed E-state index contributed by atoms with van der Waals surface area (Å²) in [6.07, 6.45) is 1.82. The first-order chi connectivity index (χ1) is 9.32. The van der Waals surface area contributed by atoms with Gasteiger partial charge in [-0.2, -0.15) is 0 Å². The Bertz CT molecular complexity index is 581. The molecule has 2 rings (SSSR count). The number of piperidine rings is 1. The summed E-state index contributed by atoms with van der Waals surface area (Å²) < 4.78 is 40.7. The molecule has 0 atom stereocenters. The van der Waals surface area contributed by atoms with Gasteiger partial charge in [0.05, 0.1) is 0 Å². The molecule has 0 aromatic heterocycles. The molecular weight excluding hydrogens is 279 g/mol. The van der Waals surface area contributed by atoms with E-state index < -0.39 is 15.8 Å². The van der Waals surface area contributed by atoms with Crippen molar-refractivity contribution in [1.82, 2.24) is 10.0 Å². The van der Waals surface area contributed by atoms with Gasteiger partial charge in [0.1, 0.15) is 10.7 Å². The van der Waals surface area contributed by atoms with E-state index in [0.29, 0.717) is 12.1 Å². The maximum atomic E-state index is 13.8. The fourth-order valence-corrected chi connectivity index (χ4v) is 3.63. The van der Waals surface area contributed by atoms with Gasteiger partial charge in [-0.3, -0.25) is 0 Å². The number of benzene rings is 1. The molecule has 1 aromatic carbocycles. The zero-order valence-corrected chi connectivity index (χ0v) is 12.7. The molecule has 0 saturated carbocycles. The lowest BCUT2D eigenvalue weighted by Crippen LogP contribution is -2.43. The van der Waals surface area contributed by atoms with Crippen LogP contribution in [-0.4, -0.2) is 28.1 Å². The smallest absolute Gasteiger partial charge is 0.243 e. The SMILES string of the molecule is Cc1ccc(S(=O)(=O)NCC2(C)CCNCC2)c(F)c1. The van der Waals surface area contributed by atoms with Crippen LogP contribution < -0.4 is 10.0 Å². The highest BCUT2D eigenvalue weighted by Crippen LogP contribution is 2.27. The van der Waals surface area contributed by atoms with Gasteiger partial charge in [-0.25, -0.2) is 17.5 Å². The molecule has 20 heavy (non-hydrogen) atoms. The molecule has 4 nitrogen and oxygen atoms in total. The van der Waals surface area contributed by atoms with E-state index in [4.69, 9.17) is 0 Å². The third-order valence-electron chi connectivity index (χ3n) is 3.88. The van der Waals surface area contributed by atoms with Gasteiger partial charge in [0.15, 0.2) is 0 Å². The van der Waals surface area contributed by atoms with Crippen LogP contribution in [0.1, 0.15) is 25.3 Å². The average molecular weight is 300 g/mol. The van der Waals surface area contributed by atoms with E-state index in [2.05, 4.69) is 17.0 Å². The molecule has 0 unspecified atom stereocenters. The molecule has 1 aliphatic rings. The van der Waals surface area contributed by atoms with Crippen molar-refractivity contribution in [1.29, 1.82) is 0 Å². The van der Waals surface area contributed by atoms with Crippen LogP contribution in [-0.2, 0) is 10.0 Å². The van der Waals surface area contributed by atoms with E-state index in [0.717, 1.165) is 25.9 Å². The first-order valence-electron chi connectivity index (χ1n) is 6.79. The number of sulfonamides is 1. The van der Waals surface area contributed by atoms with Crippen LogP contribution >= 0.6 is 0 Å². The quantitative estimate of drug-likeness (QED) is 0.891. The molecule has 1 heterocycles. The lowest BCUT2D eigenvalue weighted by molar-refractivity contribution is 0.232. The van der Waals surface area contributed by atoms with Crippen molar-refractivity contribution in [2.45, 2.75) is 31.6 Å². The first-order valence-corrected chi connectivity index (χ1v) is 8.27. The Kier molecular flexibility index (Phi) is 4.46. The van der Waals surface area contributed by atoms with Crippen LogP contribution in [0.25, 0.3) is 0 Å². The topological polar surface area (TPSA) is 58.2 Å². The minimum absolute atomic E-state index is 0.0699. The third kappa shape index (κ3) is 3.56. The molecule has 0 spiro atoms. The molecular formula is C14H21FN2O2S. The van der Waals surface area contributed by atoms with Gasteiger partial charge in [-0.15, -0.1) is 0 Å². The Labute approximate surface area is 119 Å². The van der Waals surface area contributed by atoms with E-state index in [1.165, 1.54) is 12.1 Å². The summed E-state index contributed by atoms with van der Waals surface area (Å²) in [5, 5.41) is 3.25. The van der Waals surface area contributed by atoms with Crippen LogP contribution in [0, 0.1) is 18.2 Å². The number of hydrogen-bond acceptors (Lipinski definition) is 3. The molecule has 0 bridgehead atoms. The fourth-order valence-electron chi connectivity index (χ4n) is 2.38. The number of hydrogen-bond donors (Lipinski definition) is 2. The highest BCUT2D eigenvalue weighted by atomic mass is 32.2. The average Bonchev–Trinajstić information content (AvgIpc) is 2.37. The highest BCUT2D eigenvalue weighted by molar-refractivity contribution is 7.89. The lowest BCUT2D eigenvalue weighted by Gasteiger charge is -2.34. The van der Waals surface area contributed by atoms with Gasteiger partial charge in [-0.1, -0.05) is 13.0 Å². The predicted octanol–water partition coefficient (Wildman–Crippen LogP) is 1.80. The number of halogens is 1. The van der Waals surface area contributed by atoms with E-state index in [-0.39, 0.29) is 10.3 Å². The number of aryl methyl sites for hydroxylation is 1. The summed E-state index contributed by atoms with van der Waals surface area (Å²) in [5.74, 6) is -0.701. The van der Waals surface area contributed by atoms with Crippen molar-refractivity contribution in [3.63, 3.8) is 0 Å². The maximum absolute atomic E-state index is 13.8. The summed E-state index contributed by atoms with van der Waals surface area (Å²) in [7, 11) is -3.79. The van der Waals surface area contributed by atoms with E-state index in [1.807, 2.05) is 0 Å². The van der Waals surface area contributed by atoms with Crippen LogP contribution in [0.4, 0.5) is 4.39 Å². The Balaban J connectivity index is 2.11. The molecule has 2 N–H and O–H groups in total. The summed E-state index contributed by atoms with van der Waals surface area (Å²) in [4.78, 5) is -0.277. The Morgan fingerprint density at radius 3 is 2.60 bits per heavy atom. The third-order valence-corrected chi connectivity index (χ3v) is 5.31. The molecule has 1 aromatic rings. The monoisotopic (exact) mass is 300 g/mol. The van der Waals surface area contributed by atoms with Gasteiger partial charge in [0.25, 0.3) is 0 Å². The van der Waals surface area contributed by atoms with Gasteiger partial charge in [0, 0.05) is 6.54 Å². The molecule has 1 fully saturated rings. The maximum Gasteiger partial charge on any atom is 0.243 e. The van der Waals surface area contributed by atoms with E-state index in [1.54, 1.807) is 13.0 Å². The van der Waals surface area contributed by atoms with Crippen molar-refractivity contribution in [2.75, 3.05) is 19.6 Å². The Hall–Kier alpha value is -0.980. The van der Waals surface area contributed by atoms with Crippen molar-refractivity contribution in [3.05, 3.63) is 29.6 Å². The van der Waals surface area contributed by atoms with Gasteiger partial charge >= 0.3 is 0 Å². The Morgan fingerprint density at radius 1 is 1.35 bits per heavy atom. The minimum Gasteiger partial charge on any atom is -0.317 e. The second-order valence-electron chi connectivity index (χ2n) is 5.82. The highest BCUT2D eigenvalue weighted by Gasteiger charge is 2.29. The van der Waals surface area contributed by atoms with Crippen LogP contribution in [0.2, 0.25) is 0 Å². The van der Waals surface area contributed by atoms with Gasteiger partial charge in [0.2, 0.25) is 10.0 Å².